The van der Waals surface area contributed by atoms with Crippen molar-refractivity contribution in [3.63, 3.8) is 0 Å². The molecule has 0 spiro atoms. The summed E-state index contributed by atoms with van der Waals surface area (Å²) in [5, 5.41) is 0. The lowest BCUT2D eigenvalue weighted by Gasteiger charge is -2.10. The number of hydrogen-bond donors (Lipinski definition) is 0. The van der Waals surface area contributed by atoms with Crippen LogP contribution in [-0.4, -0.2) is 12.6 Å². The molecule has 0 aliphatic heterocycles. The summed E-state index contributed by atoms with van der Waals surface area (Å²) in [6.07, 6.45) is 0. The van der Waals surface area contributed by atoms with Gasteiger partial charge in [-0.25, -0.2) is 4.79 Å². The molecule has 0 unspecified atom stereocenters. The highest BCUT2D eigenvalue weighted by atomic mass is 16.5. The Bertz CT molecular complexity index is 790. The van der Waals surface area contributed by atoms with Crippen molar-refractivity contribution in [1.82, 2.24) is 0 Å². The van der Waals surface area contributed by atoms with Gasteiger partial charge in [-0.15, -0.1) is 0 Å². The van der Waals surface area contributed by atoms with Crippen LogP contribution in [-0.2, 0) is 4.74 Å². The summed E-state index contributed by atoms with van der Waals surface area (Å²) in [7, 11) is 0. The first-order chi connectivity index (χ1) is 11.3. The van der Waals surface area contributed by atoms with Gasteiger partial charge in [-0.3, -0.25) is 0 Å². The average molecular weight is 302 g/mol. The monoisotopic (exact) mass is 302 g/mol. The van der Waals surface area contributed by atoms with Gasteiger partial charge in [-0.1, -0.05) is 66.7 Å². The summed E-state index contributed by atoms with van der Waals surface area (Å²) >= 11 is 0. The van der Waals surface area contributed by atoms with Gasteiger partial charge < -0.3 is 4.74 Å². The zero-order chi connectivity index (χ0) is 16.1. The van der Waals surface area contributed by atoms with Crippen molar-refractivity contribution in [3.05, 3.63) is 84.4 Å². The second-order valence-electron chi connectivity index (χ2n) is 5.21. The van der Waals surface area contributed by atoms with Gasteiger partial charge in [0.25, 0.3) is 0 Å². The van der Waals surface area contributed by atoms with E-state index < -0.39 is 0 Å². The molecule has 0 saturated heterocycles. The van der Waals surface area contributed by atoms with Crippen LogP contribution in [0.3, 0.4) is 0 Å². The third kappa shape index (κ3) is 3.32. The molecule has 0 aromatic heterocycles. The molecule has 23 heavy (non-hydrogen) atoms. The molecule has 114 valence electrons. The molecule has 0 fully saturated rings. The van der Waals surface area contributed by atoms with Crippen molar-refractivity contribution >= 4 is 5.97 Å². The average Bonchev–Trinajstić information content (AvgIpc) is 2.63. The van der Waals surface area contributed by atoms with Crippen molar-refractivity contribution < 1.29 is 9.53 Å². The van der Waals surface area contributed by atoms with Gasteiger partial charge in [-0.2, -0.15) is 0 Å². The lowest BCUT2D eigenvalue weighted by Crippen LogP contribution is -2.04. The Hall–Kier alpha value is -2.87. The standard InChI is InChI=1S/C21H18O2/c1-2-23-21(22)18-14-12-17(13-15-18)20-11-7-6-10-19(20)16-8-4-3-5-9-16/h3-15H,2H2,1H3. The van der Waals surface area contributed by atoms with E-state index in [-0.39, 0.29) is 5.97 Å². The maximum atomic E-state index is 11.8. The van der Waals surface area contributed by atoms with E-state index >= 15 is 0 Å². The van der Waals surface area contributed by atoms with Crippen LogP contribution in [0.5, 0.6) is 0 Å². The molecule has 3 aromatic carbocycles. The first kappa shape index (κ1) is 15.0. The first-order valence-electron chi connectivity index (χ1n) is 7.71. The predicted molar refractivity (Wildman–Crippen MR) is 93.3 cm³/mol. The number of carbonyl (C=O) groups excluding carboxylic acids is 1. The molecule has 0 aliphatic rings. The zero-order valence-corrected chi connectivity index (χ0v) is 13.0. The first-order valence-corrected chi connectivity index (χ1v) is 7.71. The third-order valence-electron chi connectivity index (χ3n) is 3.72. The molecule has 0 radical (unpaired) electrons. The number of benzene rings is 3. The molecular weight excluding hydrogens is 284 g/mol. The largest absolute Gasteiger partial charge is 0.462 e. The molecule has 0 saturated carbocycles. The molecule has 3 aromatic rings. The van der Waals surface area contributed by atoms with E-state index in [1.807, 2.05) is 61.5 Å². The normalized spacial score (nSPS) is 10.3. The zero-order valence-electron chi connectivity index (χ0n) is 13.0. The highest BCUT2D eigenvalue weighted by Crippen LogP contribution is 2.31. The van der Waals surface area contributed by atoms with Gasteiger partial charge in [0.05, 0.1) is 12.2 Å². The lowest BCUT2D eigenvalue weighted by molar-refractivity contribution is 0.0526. The summed E-state index contributed by atoms with van der Waals surface area (Å²) in [6.45, 7) is 2.19. The Kier molecular flexibility index (Phi) is 4.53. The topological polar surface area (TPSA) is 26.3 Å². The lowest BCUT2D eigenvalue weighted by atomic mass is 9.94. The second-order valence-corrected chi connectivity index (χ2v) is 5.21. The fraction of sp³-hybridized carbons (Fsp3) is 0.0952. The number of carbonyl (C=O) groups is 1. The number of rotatable bonds is 4. The fourth-order valence-electron chi connectivity index (χ4n) is 2.60. The Morgan fingerprint density at radius 2 is 1.26 bits per heavy atom. The van der Waals surface area contributed by atoms with Crippen LogP contribution >= 0.6 is 0 Å². The Balaban J connectivity index is 1.98. The van der Waals surface area contributed by atoms with E-state index in [9.17, 15) is 4.79 Å². The van der Waals surface area contributed by atoms with E-state index in [2.05, 4.69) is 24.3 Å². The van der Waals surface area contributed by atoms with Crippen molar-refractivity contribution in [2.24, 2.45) is 0 Å². The summed E-state index contributed by atoms with van der Waals surface area (Å²) in [5.74, 6) is -0.282. The summed E-state index contributed by atoms with van der Waals surface area (Å²) < 4.78 is 5.03. The maximum absolute atomic E-state index is 11.8. The summed E-state index contributed by atoms with van der Waals surface area (Å²) in [5.41, 5.74) is 5.16. The maximum Gasteiger partial charge on any atom is 0.338 e. The van der Waals surface area contributed by atoms with Gasteiger partial charge in [-0.05, 0) is 41.3 Å². The highest BCUT2D eigenvalue weighted by molar-refractivity contribution is 5.91. The smallest absolute Gasteiger partial charge is 0.338 e. The SMILES string of the molecule is CCOC(=O)c1ccc(-c2ccccc2-c2ccccc2)cc1. The minimum Gasteiger partial charge on any atom is -0.462 e. The van der Waals surface area contributed by atoms with Crippen LogP contribution < -0.4 is 0 Å². The molecule has 0 heterocycles. The molecule has 2 nitrogen and oxygen atoms in total. The third-order valence-corrected chi connectivity index (χ3v) is 3.72. The van der Waals surface area contributed by atoms with E-state index in [4.69, 9.17) is 4.74 Å². The van der Waals surface area contributed by atoms with Crippen molar-refractivity contribution in [2.75, 3.05) is 6.61 Å². The number of esters is 1. The Morgan fingerprint density at radius 3 is 1.83 bits per heavy atom. The minimum atomic E-state index is -0.282. The van der Waals surface area contributed by atoms with Crippen LogP contribution in [0.1, 0.15) is 17.3 Å². The molecule has 0 aliphatic carbocycles. The molecule has 3 rings (SSSR count). The van der Waals surface area contributed by atoms with Gasteiger partial charge in [0.2, 0.25) is 0 Å². The molecule has 0 atom stereocenters. The van der Waals surface area contributed by atoms with Gasteiger partial charge >= 0.3 is 5.97 Å². The van der Waals surface area contributed by atoms with Gasteiger partial charge in [0.15, 0.2) is 0 Å². The van der Waals surface area contributed by atoms with Crippen LogP contribution in [0.2, 0.25) is 0 Å². The number of hydrogen-bond acceptors (Lipinski definition) is 2. The Morgan fingerprint density at radius 1 is 0.739 bits per heavy atom. The van der Waals surface area contributed by atoms with Crippen molar-refractivity contribution in [3.8, 4) is 22.3 Å². The fourth-order valence-corrected chi connectivity index (χ4v) is 2.60. The predicted octanol–water partition coefficient (Wildman–Crippen LogP) is 5.20. The van der Waals surface area contributed by atoms with Crippen molar-refractivity contribution in [2.45, 2.75) is 6.92 Å². The molecule has 2 heteroatoms. The van der Waals surface area contributed by atoms with Gasteiger partial charge in [0.1, 0.15) is 0 Å². The minimum absolute atomic E-state index is 0.282. The second kappa shape index (κ2) is 6.93. The van der Waals surface area contributed by atoms with E-state index in [0.29, 0.717) is 12.2 Å². The number of ether oxygens (including phenoxy) is 1. The van der Waals surface area contributed by atoms with Crippen LogP contribution in [0.4, 0.5) is 0 Å². The molecule has 0 bridgehead atoms. The quantitative estimate of drug-likeness (QED) is 0.619. The van der Waals surface area contributed by atoms with Crippen LogP contribution in [0, 0.1) is 0 Å². The van der Waals surface area contributed by atoms with E-state index in [0.717, 1.165) is 11.1 Å². The summed E-state index contributed by atoms with van der Waals surface area (Å²) in [6, 6.07) is 26.1. The Labute approximate surface area is 136 Å². The van der Waals surface area contributed by atoms with Crippen molar-refractivity contribution in [1.29, 1.82) is 0 Å². The molecule has 0 amide bonds. The molecular formula is C21H18O2. The van der Waals surface area contributed by atoms with E-state index in [1.54, 1.807) is 0 Å². The molecule has 0 N–H and O–H groups in total. The van der Waals surface area contributed by atoms with Crippen LogP contribution in [0.25, 0.3) is 22.3 Å². The van der Waals surface area contributed by atoms with Gasteiger partial charge in [0, 0.05) is 0 Å². The summed E-state index contributed by atoms with van der Waals surface area (Å²) in [4.78, 5) is 11.8. The van der Waals surface area contributed by atoms with E-state index in [1.165, 1.54) is 11.1 Å². The van der Waals surface area contributed by atoms with Crippen LogP contribution in [0.15, 0.2) is 78.9 Å². The highest BCUT2D eigenvalue weighted by Gasteiger charge is 2.09.